The number of sulfonamides is 2. The van der Waals surface area contributed by atoms with E-state index in [4.69, 9.17) is 28.4 Å². The average Bonchev–Trinajstić information content (AvgIpc) is 2.95. The highest BCUT2D eigenvalue weighted by molar-refractivity contribution is 8.12. The van der Waals surface area contributed by atoms with Crippen molar-refractivity contribution < 1.29 is 58.4 Å². The van der Waals surface area contributed by atoms with Gasteiger partial charge in [0.1, 0.15) is 12.4 Å². The summed E-state index contributed by atoms with van der Waals surface area (Å²) >= 11 is 0. The van der Waals surface area contributed by atoms with Crippen LogP contribution in [0.15, 0.2) is 24.3 Å². The van der Waals surface area contributed by atoms with E-state index in [2.05, 4.69) is 19.1 Å². The third-order valence-corrected chi connectivity index (χ3v) is 9.01. The minimum Gasteiger partial charge on any atom is -0.491 e. The standard InChI is InChI=1S/C28H47F3NO10S2/c1-2-3-4-5-6-7-9-26-10-12-27(13-11-26)42-24-23-41-22-21-40-20-19-39-18-17-38-16-15-37-14-8-25-43(33,34)32-44(35,36)28(29,30)31/h10-13H,2-9,14-25H2,1H3/q-1. The molecule has 0 N–H and O–H groups in total. The Morgan fingerprint density at radius 3 is 1.57 bits per heavy atom. The summed E-state index contributed by atoms with van der Waals surface area (Å²) in [6, 6.07) is 8.24. The molecule has 44 heavy (non-hydrogen) atoms. The van der Waals surface area contributed by atoms with Crippen LogP contribution < -0.4 is 4.74 Å². The van der Waals surface area contributed by atoms with Crippen LogP contribution in [0, 0.1) is 0 Å². The summed E-state index contributed by atoms with van der Waals surface area (Å²) in [5, 5.41) is 0. The first-order valence-electron chi connectivity index (χ1n) is 14.9. The van der Waals surface area contributed by atoms with E-state index in [0.717, 1.165) is 12.2 Å². The molecule has 0 radical (unpaired) electrons. The van der Waals surface area contributed by atoms with E-state index >= 15 is 0 Å². The number of halogens is 3. The molecule has 0 bridgehead atoms. The molecule has 0 saturated carbocycles. The minimum absolute atomic E-state index is 0.109. The third kappa shape index (κ3) is 21.2. The summed E-state index contributed by atoms with van der Waals surface area (Å²) in [5.41, 5.74) is -4.43. The number of benzene rings is 1. The molecule has 0 aliphatic carbocycles. The number of alkyl halides is 3. The van der Waals surface area contributed by atoms with Crippen molar-refractivity contribution in [3.63, 3.8) is 0 Å². The van der Waals surface area contributed by atoms with E-state index < -0.39 is 31.3 Å². The van der Waals surface area contributed by atoms with Crippen molar-refractivity contribution in [2.24, 2.45) is 0 Å². The van der Waals surface area contributed by atoms with Gasteiger partial charge in [0.05, 0.1) is 69.5 Å². The predicted octanol–water partition coefficient (Wildman–Crippen LogP) is 4.99. The van der Waals surface area contributed by atoms with Crippen molar-refractivity contribution in [3.05, 3.63) is 34.0 Å². The number of ether oxygens (including phenoxy) is 6. The predicted molar refractivity (Wildman–Crippen MR) is 160 cm³/mol. The minimum atomic E-state index is -6.10. The highest BCUT2D eigenvalue weighted by Gasteiger charge is 2.40. The van der Waals surface area contributed by atoms with Crippen LogP contribution in [-0.4, -0.2) is 101 Å². The number of hydrogen-bond donors (Lipinski definition) is 0. The number of unbranched alkanes of at least 4 members (excludes halogenated alkanes) is 5. The summed E-state index contributed by atoms with van der Waals surface area (Å²) in [6.45, 7) is 5.58. The lowest BCUT2D eigenvalue weighted by Gasteiger charge is -2.21. The van der Waals surface area contributed by atoms with E-state index in [9.17, 15) is 30.0 Å². The van der Waals surface area contributed by atoms with Crippen molar-refractivity contribution in [2.45, 2.75) is 63.8 Å². The molecule has 0 aromatic heterocycles. The Morgan fingerprint density at radius 1 is 0.614 bits per heavy atom. The van der Waals surface area contributed by atoms with Crippen LogP contribution in [0.25, 0.3) is 4.13 Å². The van der Waals surface area contributed by atoms with Crippen LogP contribution >= 0.6 is 0 Å². The SMILES string of the molecule is CCCCCCCCc1ccc(OCCOCCOCCOCCOCCOCCCS(=O)(=O)[N-]S(=O)(=O)C(F)(F)F)cc1. The van der Waals surface area contributed by atoms with Crippen molar-refractivity contribution in [1.29, 1.82) is 0 Å². The fraction of sp³-hybridized carbons (Fsp3) is 0.786. The van der Waals surface area contributed by atoms with E-state index in [1.807, 2.05) is 16.3 Å². The van der Waals surface area contributed by atoms with Gasteiger partial charge in [-0.3, -0.25) is 0 Å². The van der Waals surface area contributed by atoms with Gasteiger partial charge in [-0.1, -0.05) is 51.2 Å². The van der Waals surface area contributed by atoms with E-state index in [1.165, 1.54) is 44.1 Å². The van der Waals surface area contributed by atoms with Crippen molar-refractivity contribution >= 4 is 20.0 Å². The van der Waals surface area contributed by atoms with Gasteiger partial charge in [0.25, 0.3) is 0 Å². The Bertz CT molecular complexity index is 1060. The third-order valence-electron chi connectivity index (χ3n) is 5.92. The van der Waals surface area contributed by atoms with Gasteiger partial charge in [0.15, 0.2) is 10.0 Å². The molecule has 1 rings (SSSR count). The second-order valence-electron chi connectivity index (χ2n) is 9.71. The maximum atomic E-state index is 12.2. The molecular weight excluding hydrogens is 631 g/mol. The van der Waals surface area contributed by atoms with Crippen LogP contribution in [0.1, 0.15) is 57.4 Å². The van der Waals surface area contributed by atoms with E-state index in [0.29, 0.717) is 46.2 Å². The molecule has 11 nitrogen and oxygen atoms in total. The first-order chi connectivity index (χ1) is 21.0. The number of hydrogen-bond acceptors (Lipinski definition) is 10. The molecular formula is C28H47F3NO10S2-. The molecule has 258 valence electrons. The molecule has 1 aromatic rings. The summed E-state index contributed by atoms with van der Waals surface area (Å²) in [4.78, 5) is 0. The molecule has 0 aliphatic rings. The Balaban J connectivity index is 1.86. The van der Waals surface area contributed by atoms with Crippen LogP contribution in [0.5, 0.6) is 5.75 Å². The molecule has 0 fully saturated rings. The van der Waals surface area contributed by atoms with Gasteiger partial charge in [-0.15, -0.1) is 0 Å². The zero-order valence-corrected chi connectivity index (χ0v) is 27.1. The summed E-state index contributed by atoms with van der Waals surface area (Å²) in [6.07, 6.45) is 8.63. The van der Waals surface area contributed by atoms with Gasteiger partial charge in [0.2, 0.25) is 0 Å². The summed E-state index contributed by atoms with van der Waals surface area (Å²) < 4.78 is 115. The van der Waals surface area contributed by atoms with Crippen LogP contribution in [0.2, 0.25) is 0 Å². The van der Waals surface area contributed by atoms with Crippen LogP contribution in [-0.2, 0) is 50.2 Å². The monoisotopic (exact) mass is 678 g/mol. The largest absolute Gasteiger partial charge is 0.491 e. The Morgan fingerprint density at radius 2 is 1.07 bits per heavy atom. The van der Waals surface area contributed by atoms with Crippen molar-refractivity contribution in [1.82, 2.24) is 0 Å². The van der Waals surface area contributed by atoms with Gasteiger partial charge in [-0.2, -0.15) is 13.2 Å². The molecule has 0 saturated heterocycles. The lowest BCUT2D eigenvalue weighted by molar-refractivity contribution is -0.0425. The lowest BCUT2D eigenvalue weighted by atomic mass is 10.0. The zero-order valence-electron chi connectivity index (χ0n) is 25.4. The average molecular weight is 679 g/mol. The zero-order chi connectivity index (χ0) is 32.6. The van der Waals surface area contributed by atoms with Gasteiger partial charge in [-0.05, 0) is 37.0 Å². The first kappa shape index (κ1) is 40.5. The topological polar surface area (TPSA) is 138 Å². The highest BCUT2D eigenvalue weighted by atomic mass is 32.3. The number of nitrogens with zero attached hydrogens (tertiary/aromatic N) is 1. The second-order valence-corrected chi connectivity index (χ2v) is 13.3. The fourth-order valence-electron chi connectivity index (χ4n) is 3.63. The molecule has 0 atom stereocenters. The molecule has 0 spiro atoms. The molecule has 0 heterocycles. The Labute approximate surface area is 260 Å². The van der Waals surface area contributed by atoms with Gasteiger partial charge < -0.3 is 32.5 Å². The van der Waals surface area contributed by atoms with Crippen LogP contribution in [0.4, 0.5) is 13.2 Å². The Hall–Kier alpha value is -1.53. The van der Waals surface area contributed by atoms with Crippen LogP contribution in [0.3, 0.4) is 0 Å². The van der Waals surface area contributed by atoms with Gasteiger partial charge in [0, 0.05) is 12.4 Å². The number of aryl methyl sites for hydroxylation is 1. The fourth-order valence-corrected chi connectivity index (χ4v) is 5.95. The first-order valence-corrected chi connectivity index (χ1v) is 17.9. The summed E-state index contributed by atoms with van der Waals surface area (Å²) in [7, 11) is -10.9. The van der Waals surface area contributed by atoms with Crippen molar-refractivity contribution in [2.75, 3.05) is 78.4 Å². The van der Waals surface area contributed by atoms with Gasteiger partial charge >= 0.3 is 5.51 Å². The Kier molecular flexibility index (Phi) is 21.9. The molecule has 0 unspecified atom stereocenters. The quantitative estimate of drug-likeness (QED) is 0.107. The smallest absolute Gasteiger partial charge is 0.480 e. The van der Waals surface area contributed by atoms with Gasteiger partial charge in [-0.25, -0.2) is 16.8 Å². The van der Waals surface area contributed by atoms with Crippen molar-refractivity contribution in [3.8, 4) is 5.75 Å². The maximum absolute atomic E-state index is 12.2. The molecule has 1 aromatic carbocycles. The number of rotatable bonds is 29. The maximum Gasteiger partial charge on any atom is 0.480 e. The summed E-state index contributed by atoms with van der Waals surface area (Å²) in [5.74, 6) is -0.0643. The normalized spacial score (nSPS) is 12.5. The second kappa shape index (κ2) is 23.8. The molecule has 16 heteroatoms. The van der Waals surface area contributed by atoms with E-state index in [-0.39, 0.29) is 32.8 Å². The molecule has 0 aliphatic heterocycles. The molecule has 0 amide bonds. The lowest BCUT2D eigenvalue weighted by Crippen LogP contribution is -2.25. The highest BCUT2D eigenvalue weighted by Crippen LogP contribution is 2.30. The van der Waals surface area contributed by atoms with E-state index in [1.54, 1.807) is 0 Å².